The molecule has 1 atom stereocenters. The molecule has 0 spiro atoms. The third kappa shape index (κ3) is 3.26. The van der Waals surface area contributed by atoms with E-state index in [2.05, 4.69) is 0 Å². The fraction of sp³-hybridized carbons (Fsp3) is 0.304. The molecule has 0 fully saturated rings. The van der Waals surface area contributed by atoms with E-state index in [1.54, 1.807) is 25.1 Å². The Kier molecular flexibility index (Phi) is 5.94. The van der Waals surface area contributed by atoms with Gasteiger partial charge >= 0.3 is 23.9 Å². The number of nitrogens with zero attached hydrogens (tertiary/aromatic N) is 1. The van der Waals surface area contributed by atoms with Crippen molar-refractivity contribution < 1.29 is 38.1 Å². The number of hydrogen-bond donors (Lipinski definition) is 0. The van der Waals surface area contributed by atoms with Crippen LogP contribution in [0.4, 0.5) is 5.69 Å². The maximum absolute atomic E-state index is 13.0. The summed E-state index contributed by atoms with van der Waals surface area (Å²) in [7, 11) is 4.49. The summed E-state index contributed by atoms with van der Waals surface area (Å²) in [5.74, 6) is -3.79. The molecule has 0 aromatic heterocycles. The normalized spacial score (nSPS) is 19.1. The fourth-order valence-corrected chi connectivity index (χ4v) is 4.05. The Bertz CT molecular complexity index is 1130. The molecular formula is C23H23NO8. The molecule has 0 amide bonds. The Morgan fingerprint density at radius 1 is 0.812 bits per heavy atom. The van der Waals surface area contributed by atoms with Gasteiger partial charge in [0.15, 0.2) is 0 Å². The third-order valence-electron chi connectivity index (χ3n) is 5.49. The highest BCUT2D eigenvalue weighted by Gasteiger charge is 2.53. The second-order valence-electron chi connectivity index (χ2n) is 7.32. The van der Waals surface area contributed by atoms with E-state index in [9.17, 15) is 19.2 Å². The number of methoxy groups -OCH3 is 4. The average molecular weight is 441 g/mol. The molecule has 0 bridgehead atoms. The van der Waals surface area contributed by atoms with Crippen LogP contribution in [0, 0.1) is 6.92 Å². The van der Waals surface area contributed by atoms with Crippen molar-refractivity contribution in [3.05, 3.63) is 57.8 Å². The van der Waals surface area contributed by atoms with Gasteiger partial charge in [-0.2, -0.15) is 0 Å². The summed E-state index contributed by atoms with van der Waals surface area (Å²) in [6.07, 6.45) is 3.43. The Labute approximate surface area is 184 Å². The largest absolute Gasteiger partial charge is 0.466 e. The van der Waals surface area contributed by atoms with E-state index < -0.39 is 40.6 Å². The molecule has 0 aliphatic carbocycles. The van der Waals surface area contributed by atoms with Gasteiger partial charge in [-0.15, -0.1) is 0 Å². The first-order valence-electron chi connectivity index (χ1n) is 9.59. The Morgan fingerprint density at radius 3 is 1.94 bits per heavy atom. The lowest BCUT2D eigenvalue weighted by Crippen LogP contribution is -2.55. The quantitative estimate of drug-likeness (QED) is 0.511. The zero-order chi connectivity index (χ0) is 23.8. The van der Waals surface area contributed by atoms with E-state index >= 15 is 0 Å². The SMILES string of the molecule is COC(=O)C1=C(C(=O)OC)N2c3ccc(C)cc3C=C[C@]2(C)C(C(=O)OC)=C1C(=O)OC. The Hall–Kier alpha value is -3.88. The van der Waals surface area contributed by atoms with Crippen molar-refractivity contribution in [1.82, 2.24) is 0 Å². The van der Waals surface area contributed by atoms with Gasteiger partial charge in [0.1, 0.15) is 11.3 Å². The van der Waals surface area contributed by atoms with Crippen molar-refractivity contribution in [1.29, 1.82) is 0 Å². The molecule has 3 rings (SSSR count). The summed E-state index contributed by atoms with van der Waals surface area (Å²) in [6.45, 7) is 3.53. The number of aryl methyl sites for hydroxylation is 1. The molecule has 2 aliphatic rings. The van der Waals surface area contributed by atoms with Gasteiger partial charge in [-0.25, -0.2) is 19.2 Å². The maximum Gasteiger partial charge on any atom is 0.355 e. The van der Waals surface area contributed by atoms with Gasteiger partial charge in [-0.3, -0.25) is 0 Å². The van der Waals surface area contributed by atoms with E-state index in [0.717, 1.165) is 39.6 Å². The molecule has 168 valence electrons. The second-order valence-corrected chi connectivity index (χ2v) is 7.32. The van der Waals surface area contributed by atoms with Crippen molar-refractivity contribution in [2.75, 3.05) is 33.3 Å². The molecule has 0 unspecified atom stereocenters. The van der Waals surface area contributed by atoms with Crippen LogP contribution in [0.5, 0.6) is 0 Å². The second kappa shape index (κ2) is 8.33. The summed E-state index contributed by atoms with van der Waals surface area (Å²) >= 11 is 0. The predicted octanol–water partition coefficient (Wildman–Crippen LogP) is 1.84. The van der Waals surface area contributed by atoms with Gasteiger partial charge < -0.3 is 23.8 Å². The van der Waals surface area contributed by atoms with E-state index in [0.29, 0.717) is 5.69 Å². The summed E-state index contributed by atoms with van der Waals surface area (Å²) in [5, 5.41) is 0. The van der Waals surface area contributed by atoms with Gasteiger partial charge in [0.25, 0.3) is 0 Å². The van der Waals surface area contributed by atoms with Crippen LogP contribution >= 0.6 is 0 Å². The minimum atomic E-state index is -1.39. The Balaban J connectivity index is 2.57. The minimum absolute atomic E-state index is 0.178. The number of hydrogen-bond acceptors (Lipinski definition) is 9. The highest BCUT2D eigenvalue weighted by atomic mass is 16.5. The maximum atomic E-state index is 13.0. The lowest BCUT2D eigenvalue weighted by Gasteiger charge is -2.48. The van der Waals surface area contributed by atoms with Crippen molar-refractivity contribution in [3.8, 4) is 0 Å². The minimum Gasteiger partial charge on any atom is -0.466 e. The van der Waals surface area contributed by atoms with Crippen LogP contribution in [0.3, 0.4) is 0 Å². The fourth-order valence-electron chi connectivity index (χ4n) is 4.05. The lowest BCUT2D eigenvalue weighted by molar-refractivity contribution is -0.142. The predicted molar refractivity (Wildman–Crippen MR) is 113 cm³/mol. The molecule has 1 aromatic carbocycles. The van der Waals surface area contributed by atoms with Crippen LogP contribution in [-0.2, 0) is 38.1 Å². The molecule has 1 aromatic rings. The van der Waals surface area contributed by atoms with Gasteiger partial charge in [0.05, 0.1) is 45.1 Å². The molecule has 0 saturated heterocycles. The number of benzene rings is 1. The summed E-state index contributed by atoms with van der Waals surface area (Å²) in [5.41, 5.74) is -0.487. The van der Waals surface area contributed by atoms with Gasteiger partial charge in [-0.05, 0) is 31.5 Å². The zero-order valence-corrected chi connectivity index (χ0v) is 18.6. The molecular weight excluding hydrogens is 418 g/mol. The third-order valence-corrected chi connectivity index (χ3v) is 5.49. The van der Waals surface area contributed by atoms with Crippen molar-refractivity contribution in [2.45, 2.75) is 19.4 Å². The van der Waals surface area contributed by atoms with Gasteiger partial charge in [0, 0.05) is 5.69 Å². The molecule has 9 nitrogen and oxygen atoms in total. The van der Waals surface area contributed by atoms with Gasteiger partial charge in [-0.1, -0.05) is 23.8 Å². The summed E-state index contributed by atoms with van der Waals surface area (Å²) in [4.78, 5) is 53.3. The van der Waals surface area contributed by atoms with Crippen LogP contribution < -0.4 is 4.90 Å². The molecule has 9 heteroatoms. The number of fused-ring (bicyclic) bond motifs is 3. The smallest absolute Gasteiger partial charge is 0.355 e. The molecule has 0 saturated carbocycles. The van der Waals surface area contributed by atoms with E-state index in [1.807, 2.05) is 19.1 Å². The van der Waals surface area contributed by atoms with Crippen molar-refractivity contribution in [3.63, 3.8) is 0 Å². The number of rotatable bonds is 4. The zero-order valence-electron chi connectivity index (χ0n) is 18.6. The highest BCUT2D eigenvalue weighted by Crippen LogP contribution is 2.48. The first-order chi connectivity index (χ1) is 15.2. The summed E-state index contributed by atoms with van der Waals surface area (Å²) in [6, 6.07) is 5.46. The van der Waals surface area contributed by atoms with Crippen LogP contribution in [-0.4, -0.2) is 57.9 Å². The topological polar surface area (TPSA) is 108 Å². The average Bonchev–Trinajstić information content (AvgIpc) is 2.80. The standard InChI is InChI=1S/C23H23NO8/c1-12-7-8-14-13(11-12)9-10-23(2)17(21(27)31-5)15(19(25)29-3)16(20(26)30-4)18(24(14)23)22(28)32-6/h7-11H,1-6H3/t23-/m1/s1. The van der Waals surface area contributed by atoms with Crippen LogP contribution in [0.25, 0.3) is 6.08 Å². The van der Waals surface area contributed by atoms with Gasteiger partial charge in [0.2, 0.25) is 0 Å². The molecule has 2 aliphatic heterocycles. The van der Waals surface area contributed by atoms with Crippen molar-refractivity contribution >= 4 is 35.6 Å². The lowest BCUT2D eigenvalue weighted by atomic mass is 9.76. The highest BCUT2D eigenvalue weighted by molar-refractivity contribution is 6.19. The number of ether oxygens (including phenoxy) is 4. The summed E-state index contributed by atoms with van der Waals surface area (Å²) < 4.78 is 19.7. The monoisotopic (exact) mass is 441 g/mol. The van der Waals surface area contributed by atoms with Crippen LogP contribution in [0.1, 0.15) is 18.1 Å². The molecule has 2 heterocycles. The number of carbonyl (C=O) groups is 4. The molecule has 32 heavy (non-hydrogen) atoms. The first-order valence-corrected chi connectivity index (χ1v) is 9.59. The van der Waals surface area contributed by atoms with E-state index in [4.69, 9.17) is 18.9 Å². The van der Waals surface area contributed by atoms with Crippen LogP contribution in [0.2, 0.25) is 0 Å². The molecule has 0 radical (unpaired) electrons. The molecule has 0 N–H and O–H groups in total. The van der Waals surface area contributed by atoms with E-state index in [1.165, 1.54) is 4.90 Å². The number of anilines is 1. The first kappa shape index (κ1) is 22.8. The van der Waals surface area contributed by atoms with E-state index in [-0.39, 0.29) is 11.3 Å². The number of esters is 4. The van der Waals surface area contributed by atoms with Crippen molar-refractivity contribution in [2.24, 2.45) is 0 Å². The number of carbonyl (C=O) groups excluding carboxylic acids is 4. The van der Waals surface area contributed by atoms with Crippen LogP contribution in [0.15, 0.2) is 46.7 Å². The Morgan fingerprint density at radius 2 is 1.38 bits per heavy atom.